The molecule has 0 spiro atoms. The van der Waals surface area contributed by atoms with Gasteiger partial charge in [0, 0.05) is 18.2 Å². The van der Waals surface area contributed by atoms with Crippen LogP contribution in [0.25, 0.3) is 0 Å². The highest BCUT2D eigenvalue weighted by Crippen LogP contribution is 2.26. The number of para-hydroxylation sites is 1. The maximum absolute atomic E-state index is 9.80. The number of hydrogen-bond donors (Lipinski definition) is 2. The molecule has 0 radical (unpaired) electrons. The minimum Gasteiger partial charge on any atom is -0.506 e. The average Bonchev–Trinajstić information content (AvgIpc) is 2.84. The third kappa shape index (κ3) is 3.48. The Morgan fingerprint density at radius 1 is 1.39 bits per heavy atom. The van der Waals surface area contributed by atoms with E-state index in [1.807, 2.05) is 12.1 Å². The fraction of sp³-hybridized carbons (Fsp3) is 0.286. The van der Waals surface area contributed by atoms with E-state index in [-0.39, 0.29) is 5.75 Å². The fourth-order valence-electron chi connectivity index (χ4n) is 1.82. The van der Waals surface area contributed by atoms with E-state index >= 15 is 0 Å². The Morgan fingerprint density at radius 2 is 2.22 bits per heavy atom. The molecule has 96 valence electrons. The van der Waals surface area contributed by atoms with Gasteiger partial charge in [0.15, 0.2) is 0 Å². The minimum absolute atomic E-state index is 0.175. The first-order valence-electron chi connectivity index (χ1n) is 5.87. The zero-order valence-electron chi connectivity index (χ0n) is 10.2. The predicted octanol–water partition coefficient (Wildman–Crippen LogP) is 3.83. The molecule has 0 aliphatic rings. The van der Waals surface area contributed by atoms with Gasteiger partial charge in [-0.25, -0.2) is 0 Å². The molecule has 0 aliphatic heterocycles. The zero-order valence-corrected chi connectivity index (χ0v) is 11.8. The van der Waals surface area contributed by atoms with Crippen molar-refractivity contribution in [3.05, 3.63) is 51.2 Å². The fourth-order valence-corrected chi connectivity index (χ4v) is 2.70. The van der Waals surface area contributed by atoms with Gasteiger partial charge in [-0.15, -0.1) is 0 Å². The summed E-state index contributed by atoms with van der Waals surface area (Å²) in [5.74, 6) is 0.175. The molecule has 1 heterocycles. The van der Waals surface area contributed by atoms with Crippen molar-refractivity contribution in [3.8, 4) is 5.75 Å². The van der Waals surface area contributed by atoms with Gasteiger partial charge in [-0.1, -0.05) is 23.7 Å². The standard InChI is InChI=1S/C14H16ClNOS/c1-10(7-11-5-6-18-9-11)16-8-12-3-2-4-13(15)14(12)17/h2-6,9-10,16-17H,7-8H2,1H3. The molecule has 18 heavy (non-hydrogen) atoms. The number of aromatic hydroxyl groups is 1. The van der Waals surface area contributed by atoms with E-state index in [0.717, 1.165) is 12.0 Å². The minimum atomic E-state index is 0.175. The lowest BCUT2D eigenvalue weighted by atomic mass is 10.1. The van der Waals surface area contributed by atoms with Crippen molar-refractivity contribution in [2.24, 2.45) is 0 Å². The van der Waals surface area contributed by atoms with Gasteiger partial charge >= 0.3 is 0 Å². The molecule has 0 bridgehead atoms. The van der Waals surface area contributed by atoms with Crippen LogP contribution in [0.15, 0.2) is 35.0 Å². The van der Waals surface area contributed by atoms with Crippen LogP contribution in [0.1, 0.15) is 18.1 Å². The first-order valence-corrected chi connectivity index (χ1v) is 7.19. The van der Waals surface area contributed by atoms with Gasteiger partial charge in [-0.3, -0.25) is 0 Å². The van der Waals surface area contributed by atoms with Crippen LogP contribution in [0, 0.1) is 0 Å². The number of phenols is 1. The summed E-state index contributed by atoms with van der Waals surface area (Å²) in [4.78, 5) is 0. The van der Waals surface area contributed by atoms with Crippen LogP contribution in [0.3, 0.4) is 0 Å². The Hall–Kier alpha value is -1.03. The van der Waals surface area contributed by atoms with E-state index in [1.165, 1.54) is 5.56 Å². The number of hydrogen-bond acceptors (Lipinski definition) is 3. The molecule has 1 unspecified atom stereocenters. The van der Waals surface area contributed by atoms with Crippen LogP contribution in [-0.2, 0) is 13.0 Å². The zero-order chi connectivity index (χ0) is 13.0. The highest BCUT2D eigenvalue weighted by Gasteiger charge is 2.07. The summed E-state index contributed by atoms with van der Waals surface area (Å²) in [7, 11) is 0. The Kier molecular flexibility index (Phi) is 4.64. The highest BCUT2D eigenvalue weighted by atomic mass is 35.5. The molecule has 2 nitrogen and oxygen atoms in total. The lowest BCUT2D eigenvalue weighted by molar-refractivity contribution is 0.459. The van der Waals surface area contributed by atoms with Crippen LogP contribution >= 0.6 is 22.9 Å². The van der Waals surface area contributed by atoms with Crippen LogP contribution in [0.5, 0.6) is 5.75 Å². The number of thiophene rings is 1. The van der Waals surface area contributed by atoms with Crippen molar-refractivity contribution in [1.29, 1.82) is 0 Å². The molecular formula is C14H16ClNOS. The molecule has 0 aliphatic carbocycles. The summed E-state index contributed by atoms with van der Waals surface area (Å²) in [6.07, 6.45) is 0.991. The van der Waals surface area contributed by atoms with Crippen molar-refractivity contribution in [3.63, 3.8) is 0 Å². The predicted molar refractivity (Wildman–Crippen MR) is 77.4 cm³/mol. The first kappa shape index (κ1) is 13.4. The smallest absolute Gasteiger partial charge is 0.138 e. The van der Waals surface area contributed by atoms with Crippen molar-refractivity contribution < 1.29 is 5.11 Å². The summed E-state index contributed by atoms with van der Waals surface area (Å²) in [6, 6.07) is 7.92. The van der Waals surface area contributed by atoms with E-state index in [0.29, 0.717) is 17.6 Å². The molecule has 2 N–H and O–H groups in total. The third-order valence-electron chi connectivity index (χ3n) is 2.83. The largest absolute Gasteiger partial charge is 0.506 e. The second kappa shape index (κ2) is 6.23. The van der Waals surface area contributed by atoms with E-state index in [1.54, 1.807) is 17.4 Å². The lowest BCUT2D eigenvalue weighted by Crippen LogP contribution is -2.27. The van der Waals surface area contributed by atoms with Crippen molar-refractivity contribution in [1.82, 2.24) is 5.32 Å². The molecule has 2 rings (SSSR count). The molecule has 1 aromatic carbocycles. The van der Waals surface area contributed by atoms with Gasteiger partial charge < -0.3 is 10.4 Å². The Balaban J connectivity index is 1.89. The molecule has 0 saturated carbocycles. The van der Waals surface area contributed by atoms with E-state index in [9.17, 15) is 5.11 Å². The van der Waals surface area contributed by atoms with Gasteiger partial charge in [0.1, 0.15) is 5.75 Å². The summed E-state index contributed by atoms with van der Waals surface area (Å²) in [6.45, 7) is 2.76. The van der Waals surface area contributed by atoms with Crippen molar-refractivity contribution in [2.75, 3.05) is 0 Å². The summed E-state index contributed by atoms with van der Waals surface area (Å²) >= 11 is 7.58. The van der Waals surface area contributed by atoms with Gasteiger partial charge in [0.25, 0.3) is 0 Å². The average molecular weight is 282 g/mol. The number of halogens is 1. The summed E-state index contributed by atoms with van der Waals surface area (Å²) in [5, 5.41) is 17.8. The molecular weight excluding hydrogens is 266 g/mol. The summed E-state index contributed by atoms with van der Waals surface area (Å²) in [5.41, 5.74) is 2.18. The highest BCUT2D eigenvalue weighted by molar-refractivity contribution is 7.07. The molecule has 0 amide bonds. The molecule has 0 fully saturated rings. The lowest BCUT2D eigenvalue weighted by Gasteiger charge is -2.14. The number of nitrogens with one attached hydrogen (secondary N) is 1. The number of rotatable bonds is 5. The Morgan fingerprint density at radius 3 is 2.94 bits per heavy atom. The van der Waals surface area contributed by atoms with Gasteiger partial charge in [0.05, 0.1) is 5.02 Å². The Bertz CT molecular complexity index is 499. The van der Waals surface area contributed by atoms with Crippen LogP contribution in [0.2, 0.25) is 5.02 Å². The quantitative estimate of drug-likeness (QED) is 0.873. The molecule has 1 atom stereocenters. The van der Waals surface area contributed by atoms with Crippen LogP contribution in [-0.4, -0.2) is 11.1 Å². The molecule has 4 heteroatoms. The van der Waals surface area contributed by atoms with E-state index in [4.69, 9.17) is 11.6 Å². The van der Waals surface area contributed by atoms with E-state index < -0.39 is 0 Å². The SMILES string of the molecule is CC(Cc1ccsc1)NCc1cccc(Cl)c1O. The van der Waals surface area contributed by atoms with Gasteiger partial charge in [-0.2, -0.15) is 11.3 Å². The second-order valence-electron chi connectivity index (χ2n) is 4.37. The molecule has 1 aromatic heterocycles. The summed E-state index contributed by atoms with van der Waals surface area (Å²) < 4.78 is 0. The van der Waals surface area contributed by atoms with Gasteiger partial charge in [-0.05, 0) is 41.8 Å². The van der Waals surface area contributed by atoms with E-state index in [2.05, 4.69) is 29.1 Å². The van der Waals surface area contributed by atoms with Crippen molar-refractivity contribution >= 4 is 22.9 Å². The number of benzene rings is 1. The maximum atomic E-state index is 9.80. The topological polar surface area (TPSA) is 32.3 Å². The second-order valence-corrected chi connectivity index (χ2v) is 5.55. The van der Waals surface area contributed by atoms with Crippen LogP contribution in [0.4, 0.5) is 0 Å². The Labute approximate surface area is 116 Å². The maximum Gasteiger partial charge on any atom is 0.138 e. The third-order valence-corrected chi connectivity index (χ3v) is 3.87. The van der Waals surface area contributed by atoms with Crippen molar-refractivity contribution in [2.45, 2.75) is 25.9 Å². The first-order chi connectivity index (χ1) is 8.66. The molecule has 0 saturated heterocycles. The van der Waals surface area contributed by atoms with Gasteiger partial charge in [0.2, 0.25) is 0 Å². The van der Waals surface area contributed by atoms with Crippen LogP contribution < -0.4 is 5.32 Å². The molecule has 2 aromatic rings. The monoisotopic (exact) mass is 281 g/mol. The normalized spacial score (nSPS) is 12.6. The number of phenolic OH excluding ortho intramolecular Hbond substituents is 1.